The van der Waals surface area contributed by atoms with Crippen LogP contribution in [0.2, 0.25) is 5.02 Å². The molecule has 2 saturated heterocycles. The Morgan fingerprint density at radius 3 is 2.93 bits per heavy atom. The van der Waals surface area contributed by atoms with E-state index in [9.17, 15) is 4.79 Å². The van der Waals surface area contributed by atoms with Gasteiger partial charge in [-0.1, -0.05) is 23.7 Å². The van der Waals surface area contributed by atoms with Crippen LogP contribution in [0.5, 0.6) is 5.75 Å². The first-order chi connectivity index (χ1) is 13.5. The van der Waals surface area contributed by atoms with Crippen molar-refractivity contribution in [3.8, 4) is 5.75 Å². The number of para-hydroxylation sites is 1. The quantitative estimate of drug-likeness (QED) is 0.576. The zero-order valence-corrected chi connectivity index (χ0v) is 17.3. The summed E-state index contributed by atoms with van der Waals surface area (Å²) in [5.41, 5.74) is 0. The molecule has 2 fully saturated rings. The van der Waals surface area contributed by atoms with E-state index in [-0.39, 0.29) is 24.7 Å². The van der Waals surface area contributed by atoms with E-state index in [1.165, 1.54) is 0 Å². The molecule has 0 bridgehead atoms. The molecule has 0 aliphatic carbocycles. The third-order valence-corrected chi connectivity index (χ3v) is 5.26. The number of nitrogens with zero attached hydrogens (tertiary/aromatic N) is 3. The van der Waals surface area contributed by atoms with Crippen molar-refractivity contribution in [2.45, 2.75) is 31.5 Å². The average Bonchev–Trinajstić information content (AvgIpc) is 3.35. The third kappa shape index (κ3) is 5.75. The first kappa shape index (κ1) is 20.7. The highest BCUT2D eigenvalue weighted by Gasteiger charge is 2.28. The van der Waals surface area contributed by atoms with Gasteiger partial charge < -0.3 is 24.6 Å². The number of rotatable bonds is 6. The Balaban J connectivity index is 1.61. The largest absolute Gasteiger partial charge is 0.487 e. The maximum atomic E-state index is 12.0. The molecule has 3 rings (SSSR count). The normalized spacial score (nSPS) is 22.4. The van der Waals surface area contributed by atoms with Crippen LogP contribution in [-0.4, -0.2) is 80.8 Å². The topological polar surface area (TPSA) is 66.4 Å². The van der Waals surface area contributed by atoms with E-state index in [1.54, 1.807) is 19.0 Å². The highest BCUT2D eigenvalue weighted by atomic mass is 35.5. The number of hydrogen-bond donors (Lipinski definition) is 1. The minimum absolute atomic E-state index is 0.0270. The summed E-state index contributed by atoms with van der Waals surface area (Å²) in [7, 11) is 3.47. The van der Waals surface area contributed by atoms with Gasteiger partial charge in [-0.05, 0) is 25.0 Å². The molecule has 2 atom stereocenters. The van der Waals surface area contributed by atoms with Crippen LogP contribution in [0.3, 0.4) is 0 Å². The van der Waals surface area contributed by atoms with Gasteiger partial charge in [0.2, 0.25) is 5.91 Å². The molecule has 154 valence electrons. The Morgan fingerprint density at radius 2 is 2.21 bits per heavy atom. The minimum Gasteiger partial charge on any atom is -0.487 e. The first-order valence-corrected chi connectivity index (χ1v) is 10.2. The number of halogens is 1. The maximum Gasteiger partial charge on any atom is 0.243 e. The van der Waals surface area contributed by atoms with Crippen molar-refractivity contribution in [2.24, 2.45) is 4.99 Å². The molecule has 2 unspecified atom stereocenters. The molecule has 0 spiro atoms. The van der Waals surface area contributed by atoms with Crippen LogP contribution in [0.4, 0.5) is 0 Å². The zero-order chi connectivity index (χ0) is 19.9. The molecule has 2 aliphatic rings. The smallest absolute Gasteiger partial charge is 0.243 e. The third-order valence-electron chi connectivity index (χ3n) is 4.95. The summed E-state index contributed by atoms with van der Waals surface area (Å²) in [5.74, 6) is 1.40. The Kier molecular flexibility index (Phi) is 7.39. The molecule has 2 heterocycles. The molecule has 0 radical (unpaired) electrons. The molecule has 0 saturated carbocycles. The summed E-state index contributed by atoms with van der Waals surface area (Å²) in [6, 6.07) is 7.51. The number of carbonyl (C=O) groups is 1. The van der Waals surface area contributed by atoms with Gasteiger partial charge in [0.15, 0.2) is 5.96 Å². The van der Waals surface area contributed by atoms with Crippen LogP contribution in [-0.2, 0) is 9.53 Å². The molecule has 1 aromatic carbocycles. The van der Waals surface area contributed by atoms with Gasteiger partial charge in [0.05, 0.1) is 17.7 Å². The van der Waals surface area contributed by atoms with Gasteiger partial charge in [-0.25, -0.2) is 4.99 Å². The standard InChI is InChI=1S/C20H29ClN4O3/c1-24(2)19(26)13-23-20(22-12-15-6-5-11-27-15)25-10-9-16(14-25)28-18-8-4-3-7-17(18)21/h3-4,7-8,15-16H,5-6,9-14H2,1-2H3,(H,22,23). The number of amides is 1. The minimum atomic E-state index is -0.0283. The van der Waals surface area contributed by atoms with E-state index in [4.69, 9.17) is 21.1 Å². The summed E-state index contributed by atoms with van der Waals surface area (Å²) in [5, 5.41) is 4.01. The van der Waals surface area contributed by atoms with Gasteiger partial charge in [-0.3, -0.25) is 4.79 Å². The highest BCUT2D eigenvalue weighted by Crippen LogP contribution is 2.26. The van der Waals surface area contributed by atoms with Crippen molar-refractivity contribution < 1.29 is 14.3 Å². The van der Waals surface area contributed by atoms with E-state index in [0.717, 1.165) is 38.4 Å². The van der Waals surface area contributed by atoms with Gasteiger partial charge in [0.25, 0.3) is 0 Å². The Hall–Kier alpha value is -1.99. The van der Waals surface area contributed by atoms with E-state index in [0.29, 0.717) is 23.9 Å². The summed E-state index contributed by atoms with van der Waals surface area (Å²) >= 11 is 6.21. The van der Waals surface area contributed by atoms with E-state index in [2.05, 4.69) is 15.2 Å². The van der Waals surface area contributed by atoms with Crippen LogP contribution in [0.1, 0.15) is 19.3 Å². The van der Waals surface area contributed by atoms with E-state index < -0.39 is 0 Å². The summed E-state index contributed by atoms with van der Waals surface area (Å²) in [6.07, 6.45) is 3.24. The fourth-order valence-electron chi connectivity index (χ4n) is 3.30. The molecule has 8 heteroatoms. The number of likely N-dealkylation sites (N-methyl/N-ethyl adjacent to an activating group) is 1. The lowest BCUT2D eigenvalue weighted by Gasteiger charge is -2.24. The van der Waals surface area contributed by atoms with E-state index in [1.807, 2.05) is 24.3 Å². The van der Waals surface area contributed by atoms with Crippen molar-refractivity contribution in [1.29, 1.82) is 0 Å². The number of hydrogen-bond acceptors (Lipinski definition) is 4. The number of nitrogens with one attached hydrogen (secondary N) is 1. The predicted octanol–water partition coefficient (Wildman–Crippen LogP) is 2.01. The summed E-state index contributed by atoms with van der Waals surface area (Å²) in [6.45, 7) is 3.13. The summed E-state index contributed by atoms with van der Waals surface area (Å²) < 4.78 is 11.8. The van der Waals surface area contributed by atoms with Crippen molar-refractivity contribution in [2.75, 3.05) is 46.9 Å². The van der Waals surface area contributed by atoms with Crippen LogP contribution in [0.25, 0.3) is 0 Å². The lowest BCUT2D eigenvalue weighted by molar-refractivity contribution is -0.127. The van der Waals surface area contributed by atoms with Gasteiger partial charge in [-0.2, -0.15) is 0 Å². The molecular formula is C20H29ClN4O3. The monoisotopic (exact) mass is 408 g/mol. The SMILES string of the molecule is CN(C)C(=O)CN=C(NCC1CCCO1)N1CCC(Oc2ccccc2Cl)C1. The lowest BCUT2D eigenvalue weighted by atomic mass is 10.2. The fourth-order valence-corrected chi connectivity index (χ4v) is 3.48. The van der Waals surface area contributed by atoms with Crippen molar-refractivity contribution in [3.63, 3.8) is 0 Å². The average molecular weight is 409 g/mol. The molecule has 7 nitrogen and oxygen atoms in total. The second-order valence-corrected chi connectivity index (χ2v) is 7.76. The maximum absolute atomic E-state index is 12.0. The number of guanidine groups is 1. The Morgan fingerprint density at radius 1 is 1.39 bits per heavy atom. The molecule has 2 aliphatic heterocycles. The number of carbonyl (C=O) groups excluding carboxylic acids is 1. The van der Waals surface area contributed by atoms with Crippen LogP contribution < -0.4 is 10.1 Å². The number of likely N-dealkylation sites (tertiary alicyclic amines) is 1. The van der Waals surface area contributed by atoms with Crippen molar-refractivity contribution in [3.05, 3.63) is 29.3 Å². The fraction of sp³-hybridized carbons (Fsp3) is 0.600. The van der Waals surface area contributed by atoms with Crippen LogP contribution in [0, 0.1) is 0 Å². The van der Waals surface area contributed by atoms with Crippen LogP contribution >= 0.6 is 11.6 Å². The molecular weight excluding hydrogens is 380 g/mol. The van der Waals surface area contributed by atoms with Gasteiger partial charge >= 0.3 is 0 Å². The molecule has 1 aromatic rings. The Labute approximate surface area is 171 Å². The van der Waals surface area contributed by atoms with Gasteiger partial charge in [0.1, 0.15) is 18.4 Å². The van der Waals surface area contributed by atoms with Crippen LogP contribution in [0.15, 0.2) is 29.3 Å². The molecule has 28 heavy (non-hydrogen) atoms. The lowest BCUT2D eigenvalue weighted by Crippen LogP contribution is -2.44. The number of ether oxygens (including phenoxy) is 2. The summed E-state index contributed by atoms with van der Waals surface area (Å²) in [4.78, 5) is 20.2. The van der Waals surface area contributed by atoms with Crippen molar-refractivity contribution >= 4 is 23.5 Å². The van der Waals surface area contributed by atoms with Gasteiger partial charge in [-0.15, -0.1) is 0 Å². The van der Waals surface area contributed by atoms with Crippen molar-refractivity contribution in [1.82, 2.24) is 15.1 Å². The molecule has 1 amide bonds. The number of aliphatic imine (C=N–C) groups is 1. The second kappa shape index (κ2) is 9.98. The number of benzene rings is 1. The first-order valence-electron chi connectivity index (χ1n) is 9.79. The second-order valence-electron chi connectivity index (χ2n) is 7.35. The van der Waals surface area contributed by atoms with E-state index >= 15 is 0 Å². The highest BCUT2D eigenvalue weighted by molar-refractivity contribution is 6.32. The van der Waals surface area contributed by atoms with Gasteiger partial charge in [0, 0.05) is 40.2 Å². The zero-order valence-electron chi connectivity index (χ0n) is 16.6. The predicted molar refractivity (Wildman–Crippen MR) is 110 cm³/mol. The Bertz CT molecular complexity index is 692. The molecule has 0 aromatic heterocycles. The molecule has 1 N–H and O–H groups in total.